The third-order valence-corrected chi connectivity index (χ3v) is 7.72. The van der Waals surface area contributed by atoms with Crippen LogP contribution in [0, 0.1) is 17.5 Å². The van der Waals surface area contributed by atoms with Crippen molar-refractivity contribution in [1.82, 2.24) is 14.8 Å². The first kappa shape index (κ1) is 31.4. The van der Waals surface area contributed by atoms with Crippen LogP contribution < -0.4 is 15.5 Å². The molecule has 1 aromatic carbocycles. The van der Waals surface area contributed by atoms with Crippen molar-refractivity contribution in [3.8, 4) is 5.75 Å². The molecule has 0 aliphatic carbocycles. The molecule has 0 spiro atoms. The highest BCUT2D eigenvalue weighted by molar-refractivity contribution is 5.99. The van der Waals surface area contributed by atoms with E-state index in [0.29, 0.717) is 25.0 Å². The van der Waals surface area contributed by atoms with Gasteiger partial charge in [0.15, 0.2) is 23.8 Å². The van der Waals surface area contributed by atoms with E-state index in [2.05, 4.69) is 5.32 Å². The van der Waals surface area contributed by atoms with Gasteiger partial charge in [-0.15, -0.1) is 0 Å². The third-order valence-electron chi connectivity index (χ3n) is 7.72. The van der Waals surface area contributed by atoms with E-state index in [1.54, 1.807) is 0 Å². The maximum absolute atomic E-state index is 14.1. The van der Waals surface area contributed by atoms with Crippen molar-refractivity contribution in [2.75, 3.05) is 6.54 Å². The normalized spacial score (nSPS) is 28.2. The molecule has 0 unspecified atom stereocenters. The third kappa shape index (κ3) is 5.63. The molecule has 7 atom stereocenters. The van der Waals surface area contributed by atoms with Gasteiger partial charge < -0.3 is 49.4 Å². The van der Waals surface area contributed by atoms with Gasteiger partial charge in [-0.1, -0.05) is 6.92 Å². The lowest BCUT2D eigenvalue weighted by Crippen LogP contribution is -2.61. The minimum Gasteiger partial charge on any atom is -0.479 e. The number of nitrogens with zero attached hydrogens (tertiary/aromatic N) is 2. The number of amides is 2. The van der Waals surface area contributed by atoms with Crippen LogP contribution in [0.15, 0.2) is 23.1 Å². The van der Waals surface area contributed by atoms with Crippen LogP contribution in [0.1, 0.15) is 46.2 Å². The Hall–Kier alpha value is -4.03. The number of nitrogens with one attached hydrogen (secondary N) is 1. The zero-order chi connectivity index (χ0) is 32.0. The van der Waals surface area contributed by atoms with Gasteiger partial charge in [-0.2, -0.15) is 0 Å². The molecule has 5 rings (SSSR count). The lowest BCUT2D eigenvalue weighted by Gasteiger charge is -2.44. The monoisotopic (exact) mass is 627 g/mol. The summed E-state index contributed by atoms with van der Waals surface area (Å²) in [4.78, 5) is 53.3. The highest BCUT2D eigenvalue weighted by Gasteiger charge is 2.49. The Kier molecular flexibility index (Phi) is 8.68. The number of hydrogen-bond acceptors (Lipinski definition) is 10. The Bertz CT molecular complexity index is 1530. The number of carboxylic acid groups (broad SMARTS) is 1. The first-order valence-electron chi connectivity index (χ1n) is 13.6. The summed E-state index contributed by atoms with van der Waals surface area (Å²) in [5.41, 5.74) is -3.07. The van der Waals surface area contributed by atoms with Gasteiger partial charge in [0.1, 0.15) is 41.3 Å². The first-order valence-corrected chi connectivity index (χ1v) is 13.6. The number of aliphatic hydroxyl groups excluding tert-OH is 3. The molecule has 0 radical (unpaired) electrons. The van der Waals surface area contributed by atoms with Crippen LogP contribution in [0.5, 0.6) is 5.75 Å². The van der Waals surface area contributed by atoms with Crippen molar-refractivity contribution in [3.63, 3.8) is 0 Å². The predicted octanol–water partition coefficient (Wildman–Crippen LogP) is -0.553. The van der Waals surface area contributed by atoms with Gasteiger partial charge >= 0.3 is 5.97 Å². The number of aliphatic carboxylic acids is 1. The predicted molar refractivity (Wildman–Crippen MR) is 138 cm³/mol. The molecule has 17 heteroatoms. The van der Waals surface area contributed by atoms with Crippen molar-refractivity contribution in [2.45, 2.75) is 75.9 Å². The zero-order valence-corrected chi connectivity index (χ0v) is 23.0. The van der Waals surface area contributed by atoms with E-state index in [9.17, 15) is 52.8 Å². The van der Waals surface area contributed by atoms with Crippen molar-refractivity contribution >= 4 is 17.8 Å². The summed E-state index contributed by atoms with van der Waals surface area (Å²) in [7, 11) is 0. The minimum absolute atomic E-state index is 0.108. The number of aliphatic hydroxyl groups is 3. The molecule has 2 saturated heterocycles. The summed E-state index contributed by atoms with van der Waals surface area (Å²) in [5.74, 6) is -8.34. The molecule has 1 aromatic heterocycles. The lowest BCUT2D eigenvalue weighted by atomic mass is 9.99. The standard InChI is InChI=1S/C27H28F3N3O11/c1-2-11-3-4-33-16(42-11)9-32-8-13(24(38)31-7-12-14(29)5-10(28)6-15(12)30)18(34)22(17(32)25(33)39)43-27-21(37)19(35)20(36)23(44-27)26(40)41/h5-6,8,11,16,19-21,23,27,35-37H,2-4,7,9H2,1H3,(H,31,38)(H,40,41)/t11-,16+,19-,20-,21+,23-,27+/m0/s1. The highest BCUT2D eigenvalue weighted by Crippen LogP contribution is 2.32. The number of halogens is 3. The lowest BCUT2D eigenvalue weighted by molar-refractivity contribution is -0.271. The van der Waals surface area contributed by atoms with E-state index < -0.39 is 107 Å². The molecular formula is C27H28F3N3O11. The van der Waals surface area contributed by atoms with Gasteiger partial charge in [0.05, 0.1) is 12.6 Å². The Labute approximate surface area is 246 Å². The number of fused-ring (bicyclic) bond motifs is 2. The van der Waals surface area contributed by atoms with Crippen molar-refractivity contribution in [3.05, 3.63) is 62.8 Å². The fourth-order valence-corrected chi connectivity index (χ4v) is 5.31. The summed E-state index contributed by atoms with van der Waals surface area (Å²) >= 11 is 0. The van der Waals surface area contributed by atoms with Gasteiger partial charge in [-0.25, -0.2) is 18.0 Å². The van der Waals surface area contributed by atoms with Crippen LogP contribution >= 0.6 is 0 Å². The van der Waals surface area contributed by atoms with Crippen LogP contribution in [-0.4, -0.2) is 97.3 Å². The molecule has 238 valence electrons. The maximum Gasteiger partial charge on any atom is 0.335 e. The van der Waals surface area contributed by atoms with E-state index in [0.717, 1.165) is 6.20 Å². The molecule has 0 saturated carbocycles. The van der Waals surface area contributed by atoms with E-state index in [1.165, 1.54) is 9.47 Å². The number of carbonyl (C=O) groups is 3. The molecule has 4 heterocycles. The number of benzene rings is 1. The summed E-state index contributed by atoms with van der Waals surface area (Å²) in [6.45, 7) is 1.21. The van der Waals surface area contributed by atoms with Crippen LogP contribution in [0.25, 0.3) is 0 Å². The van der Waals surface area contributed by atoms with Crippen LogP contribution in [0.3, 0.4) is 0 Å². The molecule has 3 aliphatic rings. The molecule has 14 nitrogen and oxygen atoms in total. The van der Waals surface area contributed by atoms with E-state index in [4.69, 9.17) is 14.2 Å². The van der Waals surface area contributed by atoms with Gasteiger partial charge in [0.2, 0.25) is 11.7 Å². The van der Waals surface area contributed by atoms with Crippen molar-refractivity contribution in [1.29, 1.82) is 0 Å². The Morgan fingerprint density at radius 1 is 1.07 bits per heavy atom. The molecule has 2 fully saturated rings. The second kappa shape index (κ2) is 12.2. The second-order valence-electron chi connectivity index (χ2n) is 10.5. The highest BCUT2D eigenvalue weighted by atomic mass is 19.1. The number of carboxylic acids is 1. The summed E-state index contributed by atoms with van der Waals surface area (Å²) < 4.78 is 59.4. The largest absolute Gasteiger partial charge is 0.479 e. The van der Waals surface area contributed by atoms with Crippen molar-refractivity contribution in [2.24, 2.45) is 0 Å². The maximum atomic E-state index is 14.1. The Balaban J connectivity index is 1.54. The SMILES string of the molecule is CC[C@H]1CCN2C(=O)c3c(O[C@@H]4O[C@H](C(=O)O)[C@@H](O)[C@H](O)[C@H]4O)c(=O)c(C(=O)NCc4c(F)cc(F)cc4F)cn3C[C@H]2O1. The number of rotatable bonds is 7. The van der Waals surface area contributed by atoms with Crippen LogP contribution in [0.4, 0.5) is 13.2 Å². The topological polar surface area (TPSA) is 197 Å². The quantitative estimate of drug-likeness (QED) is 0.264. The minimum atomic E-state index is -2.11. The molecule has 44 heavy (non-hydrogen) atoms. The van der Waals surface area contributed by atoms with Gasteiger partial charge in [-0.05, 0) is 12.8 Å². The average molecular weight is 628 g/mol. The summed E-state index contributed by atoms with van der Waals surface area (Å²) in [5, 5.41) is 42.2. The molecule has 3 aliphatic heterocycles. The fourth-order valence-electron chi connectivity index (χ4n) is 5.31. The van der Waals surface area contributed by atoms with Crippen LogP contribution in [0.2, 0.25) is 0 Å². The average Bonchev–Trinajstić information content (AvgIpc) is 2.97. The number of carbonyl (C=O) groups excluding carboxylic acids is 2. The molecule has 5 N–H and O–H groups in total. The Morgan fingerprint density at radius 3 is 2.39 bits per heavy atom. The van der Waals surface area contributed by atoms with Crippen molar-refractivity contribution < 1.29 is 62.2 Å². The molecular weight excluding hydrogens is 599 g/mol. The number of pyridine rings is 1. The Morgan fingerprint density at radius 2 is 1.75 bits per heavy atom. The van der Waals surface area contributed by atoms with E-state index >= 15 is 0 Å². The second-order valence-corrected chi connectivity index (χ2v) is 10.5. The molecule has 0 bridgehead atoms. The fraction of sp³-hybridized carbons (Fsp3) is 0.481. The first-order chi connectivity index (χ1) is 20.8. The zero-order valence-electron chi connectivity index (χ0n) is 23.0. The van der Waals surface area contributed by atoms with E-state index in [-0.39, 0.29) is 19.2 Å². The number of ether oxygens (including phenoxy) is 3. The summed E-state index contributed by atoms with van der Waals surface area (Å²) in [6.07, 6.45) is -9.40. The van der Waals surface area contributed by atoms with E-state index in [1.807, 2.05) is 6.92 Å². The molecule has 2 aromatic rings. The van der Waals surface area contributed by atoms with Gasteiger partial charge in [-0.3, -0.25) is 14.4 Å². The van der Waals surface area contributed by atoms with Gasteiger partial charge in [0, 0.05) is 37.0 Å². The number of hydrogen-bond donors (Lipinski definition) is 5. The van der Waals surface area contributed by atoms with Crippen LogP contribution in [-0.2, 0) is 27.4 Å². The van der Waals surface area contributed by atoms with Gasteiger partial charge in [0.25, 0.3) is 11.8 Å². The number of aromatic nitrogens is 1. The molecule has 2 amide bonds. The smallest absolute Gasteiger partial charge is 0.335 e. The summed E-state index contributed by atoms with van der Waals surface area (Å²) in [6, 6.07) is 0.807.